The second-order valence-electron chi connectivity index (χ2n) is 28.1. The molecule has 5 atom stereocenters. The first-order valence-electron chi connectivity index (χ1n) is 38.3. The smallest absolute Gasteiger partial charge is 0.462 e. The third-order valence-corrected chi connectivity index (χ3v) is 19.0. The van der Waals surface area contributed by atoms with Crippen LogP contribution in [0.4, 0.5) is 0 Å². The van der Waals surface area contributed by atoms with Crippen molar-refractivity contribution in [1.82, 2.24) is 0 Å². The third-order valence-electron chi connectivity index (χ3n) is 17.1. The second kappa shape index (κ2) is 64.7. The number of unbranched alkanes of at least 4 members (excludes halogenated alkanes) is 40. The van der Waals surface area contributed by atoms with E-state index < -0.39 is 97.5 Å². The Balaban J connectivity index is 5.17. The standard InChI is InChI=1S/C74H144O17P2/c1-8-9-10-11-12-13-22-26-35-43-50-57-73(78)91-70(62-85-72(77)56-49-42-37-30-33-40-47-54-67(6)7)64-89-93(82,83)87-60-68(75)59-86-92(80,81)88-63-69(61-84-71(76)55-48-41-34-29-28-32-39-46-53-66(4)5)90-74(79)58-51-44-36-27-24-21-19-17-15-14-16-18-20-23-25-31-38-45-52-65(2)3/h65-70,75H,8-64H2,1-7H3,(H,80,81)(H,82,83)/t68-,69-,70-/m1/s1. The largest absolute Gasteiger partial charge is 0.472 e. The molecule has 552 valence electrons. The fourth-order valence-electron chi connectivity index (χ4n) is 11.2. The van der Waals surface area contributed by atoms with Crippen LogP contribution in [0.5, 0.6) is 0 Å². The monoisotopic (exact) mass is 1370 g/mol. The SMILES string of the molecule is CCCCCCCCCCCCCC(=O)O[C@H](COC(=O)CCCCCCCCCC(C)C)COP(=O)(O)OC[C@H](O)COP(=O)(O)OC[C@@H](COC(=O)CCCCCCCCCCC(C)C)OC(=O)CCCCCCCCCCCCCCCCCCCCC(C)C. The summed E-state index contributed by atoms with van der Waals surface area (Å²) in [4.78, 5) is 72.6. The number of ether oxygens (including phenoxy) is 4. The fourth-order valence-corrected chi connectivity index (χ4v) is 12.8. The number of phosphoric ester groups is 2. The average Bonchev–Trinajstić information content (AvgIpc) is 3.51. The van der Waals surface area contributed by atoms with Crippen LogP contribution in [0.1, 0.15) is 376 Å². The second-order valence-corrected chi connectivity index (χ2v) is 31.0. The number of esters is 4. The lowest BCUT2D eigenvalue weighted by Crippen LogP contribution is -2.30. The molecule has 19 heteroatoms. The van der Waals surface area contributed by atoms with Crippen LogP contribution in [0.25, 0.3) is 0 Å². The van der Waals surface area contributed by atoms with Crippen LogP contribution in [0, 0.1) is 17.8 Å². The van der Waals surface area contributed by atoms with Crippen LogP contribution < -0.4 is 0 Å². The van der Waals surface area contributed by atoms with Crippen molar-refractivity contribution >= 4 is 39.5 Å². The van der Waals surface area contributed by atoms with E-state index in [0.29, 0.717) is 31.6 Å². The molecule has 3 N–H and O–H groups in total. The third kappa shape index (κ3) is 68.4. The van der Waals surface area contributed by atoms with Gasteiger partial charge in [0, 0.05) is 25.7 Å². The van der Waals surface area contributed by atoms with E-state index in [1.165, 1.54) is 180 Å². The predicted molar refractivity (Wildman–Crippen MR) is 377 cm³/mol. The molecule has 0 saturated carbocycles. The first-order valence-corrected chi connectivity index (χ1v) is 41.3. The van der Waals surface area contributed by atoms with E-state index >= 15 is 0 Å². The van der Waals surface area contributed by atoms with Gasteiger partial charge in [-0.1, -0.05) is 325 Å². The number of phosphoric acid groups is 2. The number of carbonyl (C=O) groups is 4. The van der Waals surface area contributed by atoms with Crippen LogP contribution in [-0.2, 0) is 65.4 Å². The molecule has 0 fully saturated rings. The van der Waals surface area contributed by atoms with E-state index in [1.54, 1.807) is 0 Å². The average molecular weight is 1370 g/mol. The molecule has 0 spiro atoms. The van der Waals surface area contributed by atoms with Crippen LogP contribution in [-0.4, -0.2) is 96.7 Å². The lowest BCUT2D eigenvalue weighted by molar-refractivity contribution is -0.161. The van der Waals surface area contributed by atoms with Crippen molar-refractivity contribution in [1.29, 1.82) is 0 Å². The number of hydrogen-bond acceptors (Lipinski definition) is 15. The molecule has 0 radical (unpaired) electrons. The van der Waals surface area contributed by atoms with E-state index in [-0.39, 0.29) is 25.7 Å². The zero-order chi connectivity index (χ0) is 68.7. The minimum absolute atomic E-state index is 0.106. The van der Waals surface area contributed by atoms with Gasteiger partial charge < -0.3 is 33.8 Å². The Kier molecular flexibility index (Phi) is 63.4. The van der Waals surface area contributed by atoms with Crippen molar-refractivity contribution in [2.45, 2.75) is 394 Å². The number of carbonyl (C=O) groups excluding carboxylic acids is 4. The van der Waals surface area contributed by atoms with Crippen LogP contribution in [0.3, 0.4) is 0 Å². The van der Waals surface area contributed by atoms with Crippen molar-refractivity contribution in [3.63, 3.8) is 0 Å². The molecule has 0 aromatic rings. The summed E-state index contributed by atoms with van der Waals surface area (Å²) in [5.41, 5.74) is 0. The predicted octanol–water partition coefficient (Wildman–Crippen LogP) is 21.4. The lowest BCUT2D eigenvalue weighted by Gasteiger charge is -2.21. The highest BCUT2D eigenvalue weighted by atomic mass is 31.2. The lowest BCUT2D eigenvalue weighted by atomic mass is 10.0. The molecule has 2 unspecified atom stereocenters. The van der Waals surface area contributed by atoms with Gasteiger partial charge in [0.15, 0.2) is 12.2 Å². The molecule has 0 aliphatic carbocycles. The summed E-state index contributed by atoms with van der Waals surface area (Å²) in [5.74, 6) is 0.129. The number of aliphatic hydroxyl groups excluding tert-OH is 1. The summed E-state index contributed by atoms with van der Waals surface area (Å²) in [5, 5.41) is 10.6. The molecule has 0 amide bonds. The van der Waals surface area contributed by atoms with Crippen molar-refractivity contribution in [3.8, 4) is 0 Å². The Labute approximate surface area is 568 Å². The van der Waals surface area contributed by atoms with Gasteiger partial charge in [0.25, 0.3) is 0 Å². The molecule has 0 bridgehead atoms. The Morgan fingerprint density at radius 1 is 0.290 bits per heavy atom. The van der Waals surface area contributed by atoms with Gasteiger partial charge in [0.2, 0.25) is 0 Å². The highest BCUT2D eigenvalue weighted by Crippen LogP contribution is 2.45. The summed E-state index contributed by atoms with van der Waals surface area (Å²) in [6.07, 6.45) is 50.2. The molecular weight excluding hydrogens is 1220 g/mol. The molecule has 0 aromatic heterocycles. The number of aliphatic hydroxyl groups is 1. The van der Waals surface area contributed by atoms with Gasteiger partial charge in [0.05, 0.1) is 26.4 Å². The highest BCUT2D eigenvalue weighted by Gasteiger charge is 2.30. The zero-order valence-electron chi connectivity index (χ0n) is 60.7. The van der Waals surface area contributed by atoms with E-state index in [9.17, 15) is 43.2 Å². The molecule has 0 aliphatic heterocycles. The van der Waals surface area contributed by atoms with Crippen molar-refractivity contribution in [2.75, 3.05) is 39.6 Å². The summed E-state index contributed by atoms with van der Waals surface area (Å²) in [6, 6.07) is 0. The first kappa shape index (κ1) is 91.1. The van der Waals surface area contributed by atoms with Crippen molar-refractivity contribution < 1.29 is 80.2 Å². The van der Waals surface area contributed by atoms with E-state index in [0.717, 1.165) is 108 Å². The number of rotatable bonds is 72. The van der Waals surface area contributed by atoms with Crippen LogP contribution in [0.2, 0.25) is 0 Å². The quantitative estimate of drug-likeness (QED) is 0.0222. The van der Waals surface area contributed by atoms with Crippen molar-refractivity contribution in [2.24, 2.45) is 17.8 Å². The summed E-state index contributed by atoms with van der Waals surface area (Å²) < 4.78 is 68.4. The van der Waals surface area contributed by atoms with E-state index in [2.05, 4.69) is 48.5 Å². The maximum Gasteiger partial charge on any atom is 0.472 e. The molecule has 93 heavy (non-hydrogen) atoms. The molecule has 0 heterocycles. The summed E-state index contributed by atoms with van der Waals surface area (Å²) in [7, 11) is -9.90. The summed E-state index contributed by atoms with van der Waals surface area (Å²) >= 11 is 0. The highest BCUT2D eigenvalue weighted by molar-refractivity contribution is 7.47. The zero-order valence-corrected chi connectivity index (χ0v) is 62.5. The molecule has 0 aromatic carbocycles. The maximum absolute atomic E-state index is 13.1. The normalized spacial score (nSPS) is 14.1. The van der Waals surface area contributed by atoms with E-state index in [4.69, 9.17) is 37.0 Å². The maximum atomic E-state index is 13.1. The minimum atomic E-state index is -4.95. The minimum Gasteiger partial charge on any atom is -0.462 e. The fraction of sp³-hybridized carbons (Fsp3) is 0.946. The Morgan fingerprint density at radius 3 is 0.731 bits per heavy atom. The first-order chi connectivity index (χ1) is 44.7. The van der Waals surface area contributed by atoms with E-state index in [1.807, 2.05) is 0 Å². The van der Waals surface area contributed by atoms with Gasteiger partial charge in [-0.05, 0) is 43.4 Å². The molecule has 0 aliphatic rings. The Hall–Kier alpha value is -1.94. The Morgan fingerprint density at radius 2 is 0.495 bits per heavy atom. The topological polar surface area (TPSA) is 237 Å². The van der Waals surface area contributed by atoms with Crippen LogP contribution >= 0.6 is 15.6 Å². The van der Waals surface area contributed by atoms with Crippen molar-refractivity contribution in [3.05, 3.63) is 0 Å². The van der Waals surface area contributed by atoms with Gasteiger partial charge in [-0.2, -0.15) is 0 Å². The molecule has 17 nitrogen and oxygen atoms in total. The molecule has 0 saturated heterocycles. The van der Waals surface area contributed by atoms with Gasteiger partial charge in [-0.15, -0.1) is 0 Å². The molecular formula is C74H144O17P2. The Bertz CT molecular complexity index is 1820. The van der Waals surface area contributed by atoms with Gasteiger partial charge >= 0.3 is 39.5 Å². The van der Waals surface area contributed by atoms with Gasteiger partial charge in [-0.25, -0.2) is 9.13 Å². The summed E-state index contributed by atoms with van der Waals surface area (Å²) in [6.45, 7) is 11.8. The number of hydrogen-bond donors (Lipinski definition) is 3. The van der Waals surface area contributed by atoms with Gasteiger partial charge in [0.1, 0.15) is 19.3 Å². The van der Waals surface area contributed by atoms with Crippen LogP contribution in [0.15, 0.2) is 0 Å². The van der Waals surface area contributed by atoms with Gasteiger partial charge in [-0.3, -0.25) is 37.3 Å². The molecule has 0 rings (SSSR count).